The normalized spacial score (nSPS) is 12.4. The number of carbonyl (C=O) groups is 3. The van der Waals surface area contributed by atoms with E-state index in [4.69, 9.17) is 0 Å². The van der Waals surface area contributed by atoms with Crippen molar-refractivity contribution in [3.63, 3.8) is 0 Å². The van der Waals surface area contributed by atoms with Gasteiger partial charge in [0, 0.05) is 35.4 Å². The highest BCUT2D eigenvalue weighted by atomic mass is 32.1. The first-order valence-electron chi connectivity index (χ1n) is 13.4. The lowest BCUT2D eigenvalue weighted by Gasteiger charge is -2.24. The molecule has 0 spiro atoms. The predicted molar refractivity (Wildman–Crippen MR) is 156 cm³/mol. The maximum absolute atomic E-state index is 13.2. The Morgan fingerprint density at radius 2 is 1.70 bits per heavy atom. The third kappa shape index (κ3) is 9.25. The molecule has 12 heteroatoms. The molecular weight excluding hydrogens is 529 g/mol. The van der Waals surface area contributed by atoms with E-state index in [1.165, 1.54) is 11.3 Å². The van der Waals surface area contributed by atoms with E-state index in [1.54, 1.807) is 42.0 Å². The van der Waals surface area contributed by atoms with Crippen LogP contribution in [0.2, 0.25) is 0 Å². The van der Waals surface area contributed by atoms with Gasteiger partial charge in [0.1, 0.15) is 16.7 Å². The van der Waals surface area contributed by atoms with Crippen LogP contribution in [0.4, 0.5) is 0 Å². The van der Waals surface area contributed by atoms with Crippen LogP contribution >= 0.6 is 11.3 Å². The molecule has 2 atom stereocenters. The number of nitrogens with zero attached hydrogens (tertiary/aromatic N) is 2. The number of aromatic nitrogens is 2. The molecule has 212 valence electrons. The molecule has 0 radical (unpaired) electrons. The minimum Gasteiger partial charge on any atom is -0.426 e. The Hall–Kier alpha value is -3.61. The molecule has 0 aliphatic heterocycles. The first kappa shape index (κ1) is 30.9. The molecule has 0 bridgehead atoms. The standard InChI is InChI=1S/C28H36BN5O5S/c1-4-5-6-19-7-9-20(10-8-19)25(35)32-22(27(37)34-24(29(38)39)15-18(2)3)16-31-26(36)23-17-40-28(33-23)21-11-13-30-14-12-21/h7-14,17-18,22,24,38-39H,4-6,15-16H2,1-3H3,(H,31,36)(H,32,35)(H,34,37)/t22-,24-/m0/s1. The minimum atomic E-state index is -1.78. The smallest absolute Gasteiger partial charge is 0.426 e. The molecule has 0 aliphatic carbocycles. The SMILES string of the molecule is CCCCc1ccc(C(=O)N[C@@H](CNC(=O)c2csc(-c3ccncc3)n2)C(=O)N[C@@H](CC(C)C)B(O)O)cc1. The Balaban J connectivity index is 1.72. The Morgan fingerprint density at radius 1 is 1.00 bits per heavy atom. The average Bonchev–Trinajstić information content (AvgIpc) is 3.44. The number of amides is 3. The summed E-state index contributed by atoms with van der Waals surface area (Å²) in [7, 11) is -1.78. The molecule has 10 nitrogen and oxygen atoms in total. The maximum Gasteiger partial charge on any atom is 0.475 e. The number of hydrogen-bond acceptors (Lipinski definition) is 8. The fraction of sp³-hybridized carbons (Fsp3) is 0.393. The van der Waals surface area contributed by atoms with Crippen LogP contribution in [0.3, 0.4) is 0 Å². The van der Waals surface area contributed by atoms with Gasteiger partial charge in [0.05, 0.1) is 5.94 Å². The summed E-state index contributed by atoms with van der Waals surface area (Å²) in [6.45, 7) is 5.66. The van der Waals surface area contributed by atoms with Crippen molar-refractivity contribution in [3.05, 3.63) is 71.0 Å². The highest BCUT2D eigenvalue weighted by molar-refractivity contribution is 7.13. The van der Waals surface area contributed by atoms with Crippen LogP contribution in [0.5, 0.6) is 0 Å². The van der Waals surface area contributed by atoms with Crippen LogP contribution in [0.25, 0.3) is 10.6 Å². The molecule has 0 aliphatic rings. The fourth-order valence-electron chi connectivity index (χ4n) is 3.99. The van der Waals surface area contributed by atoms with Gasteiger partial charge in [0.2, 0.25) is 5.91 Å². The summed E-state index contributed by atoms with van der Waals surface area (Å²) >= 11 is 1.30. The van der Waals surface area contributed by atoms with Gasteiger partial charge in [-0.15, -0.1) is 11.3 Å². The van der Waals surface area contributed by atoms with E-state index in [0.29, 0.717) is 17.0 Å². The number of rotatable bonds is 14. The number of thiazole rings is 1. The zero-order chi connectivity index (χ0) is 29.1. The average molecular weight is 566 g/mol. The van der Waals surface area contributed by atoms with Crippen molar-refractivity contribution in [3.8, 4) is 10.6 Å². The van der Waals surface area contributed by atoms with Crippen LogP contribution in [-0.2, 0) is 11.2 Å². The zero-order valence-corrected chi connectivity index (χ0v) is 23.8. The monoisotopic (exact) mass is 565 g/mol. The summed E-state index contributed by atoms with van der Waals surface area (Å²) in [5, 5.41) is 29.8. The van der Waals surface area contributed by atoms with Gasteiger partial charge in [-0.3, -0.25) is 19.4 Å². The topological polar surface area (TPSA) is 154 Å². The lowest BCUT2D eigenvalue weighted by atomic mass is 9.75. The first-order chi connectivity index (χ1) is 19.2. The molecule has 0 saturated carbocycles. The quantitative estimate of drug-likeness (QED) is 0.188. The second-order valence-electron chi connectivity index (χ2n) is 9.97. The van der Waals surface area contributed by atoms with Crippen molar-refractivity contribution >= 4 is 36.2 Å². The summed E-state index contributed by atoms with van der Waals surface area (Å²) in [5.41, 5.74) is 2.48. The van der Waals surface area contributed by atoms with Gasteiger partial charge < -0.3 is 26.0 Å². The molecule has 3 amide bonds. The van der Waals surface area contributed by atoms with E-state index < -0.39 is 36.8 Å². The predicted octanol–water partition coefficient (Wildman–Crippen LogP) is 2.62. The van der Waals surface area contributed by atoms with E-state index in [1.807, 2.05) is 26.0 Å². The number of pyridine rings is 1. The number of carbonyl (C=O) groups excluding carboxylic acids is 3. The van der Waals surface area contributed by atoms with Gasteiger partial charge in [-0.05, 0) is 55.0 Å². The number of benzene rings is 1. The van der Waals surface area contributed by atoms with Gasteiger partial charge in [-0.1, -0.05) is 39.3 Å². The molecule has 1 aromatic carbocycles. The van der Waals surface area contributed by atoms with E-state index in [2.05, 4.69) is 32.8 Å². The molecule has 0 unspecified atom stereocenters. The van der Waals surface area contributed by atoms with Gasteiger partial charge in [0.25, 0.3) is 11.8 Å². The van der Waals surface area contributed by atoms with Crippen LogP contribution < -0.4 is 16.0 Å². The molecular formula is C28H36BN5O5S. The molecule has 3 aromatic rings. The van der Waals surface area contributed by atoms with Crippen molar-refractivity contribution < 1.29 is 24.4 Å². The summed E-state index contributed by atoms with van der Waals surface area (Å²) < 4.78 is 0. The molecule has 40 heavy (non-hydrogen) atoms. The zero-order valence-electron chi connectivity index (χ0n) is 23.0. The van der Waals surface area contributed by atoms with Gasteiger partial charge in [-0.2, -0.15) is 0 Å². The van der Waals surface area contributed by atoms with E-state index in [9.17, 15) is 24.4 Å². The Kier molecular flexibility index (Phi) is 11.8. The molecule has 5 N–H and O–H groups in total. The second kappa shape index (κ2) is 15.3. The summed E-state index contributed by atoms with van der Waals surface area (Å²) in [5.74, 6) is -2.52. The van der Waals surface area contributed by atoms with Crippen molar-refractivity contribution in [2.45, 2.75) is 58.4 Å². The summed E-state index contributed by atoms with van der Waals surface area (Å²) in [4.78, 5) is 47.5. The molecule has 2 heterocycles. The maximum atomic E-state index is 13.2. The molecule has 0 saturated heterocycles. The van der Waals surface area contributed by atoms with Gasteiger partial charge in [0.15, 0.2) is 0 Å². The molecule has 3 rings (SSSR count). The van der Waals surface area contributed by atoms with E-state index >= 15 is 0 Å². The number of aryl methyl sites for hydroxylation is 1. The van der Waals surface area contributed by atoms with Crippen LogP contribution in [0, 0.1) is 5.92 Å². The second-order valence-corrected chi connectivity index (χ2v) is 10.8. The lowest BCUT2D eigenvalue weighted by molar-refractivity contribution is -0.123. The van der Waals surface area contributed by atoms with Crippen LogP contribution in [-0.4, -0.2) is 63.4 Å². The van der Waals surface area contributed by atoms with Crippen LogP contribution in [0.1, 0.15) is 66.4 Å². The minimum absolute atomic E-state index is 0.0744. The highest BCUT2D eigenvalue weighted by Crippen LogP contribution is 2.22. The molecule has 0 fully saturated rings. The molecule has 2 aromatic heterocycles. The first-order valence-corrected chi connectivity index (χ1v) is 14.3. The third-order valence-electron chi connectivity index (χ3n) is 6.20. The Morgan fingerprint density at radius 3 is 2.33 bits per heavy atom. The summed E-state index contributed by atoms with van der Waals surface area (Å²) in [6.07, 6.45) is 6.61. The van der Waals surface area contributed by atoms with E-state index in [-0.39, 0.29) is 18.2 Å². The van der Waals surface area contributed by atoms with Crippen molar-refractivity contribution in [1.82, 2.24) is 25.9 Å². The van der Waals surface area contributed by atoms with Gasteiger partial charge in [-0.25, -0.2) is 4.98 Å². The lowest BCUT2D eigenvalue weighted by Crippen LogP contribution is -2.57. The number of unbranched alkanes of at least 4 members (excludes halogenated alkanes) is 1. The summed E-state index contributed by atoms with van der Waals surface area (Å²) in [6, 6.07) is 9.55. The third-order valence-corrected chi connectivity index (χ3v) is 7.09. The van der Waals surface area contributed by atoms with E-state index in [0.717, 1.165) is 30.4 Å². The Bertz CT molecular complexity index is 1250. The van der Waals surface area contributed by atoms with Crippen molar-refractivity contribution in [2.75, 3.05) is 6.54 Å². The Labute approximate surface area is 238 Å². The fourth-order valence-corrected chi connectivity index (χ4v) is 4.80. The largest absolute Gasteiger partial charge is 0.475 e. The van der Waals surface area contributed by atoms with Gasteiger partial charge >= 0.3 is 7.12 Å². The van der Waals surface area contributed by atoms with Crippen LogP contribution in [0.15, 0.2) is 54.2 Å². The number of hydrogen-bond donors (Lipinski definition) is 5. The van der Waals surface area contributed by atoms with Crippen molar-refractivity contribution in [1.29, 1.82) is 0 Å². The number of nitrogens with one attached hydrogen (secondary N) is 3. The highest BCUT2D eigenvalue weighted by Gasteiger charge is 2.30. The van der Waals surface area contributed by atoms with Crippen molar-refractivity contribution in [2.24, 2.45) is 5.92 Å².